The summed E-state index contributed by atoms with van der Waals surface area (Å²) >= 11 is 0. The van der Waals surface area contributed by atoms with Gasteiger partial charge in [0, 0.05) is 37.6 Å². The third kappa shape index (κ3) is 3.27. The van der Waals surface area contributed by atoms with Gasteiger partial charge in [-0.2, -0.15) is 0 Å². The van der Waals surface area contributed by atoms with Crippen molar-refractivity contribution in [1.29, 1.82) is 0 Å². The standard InChI is InChI=1S/C12H15N3O3/c16-11-9-18-8-7-15(11)6-5-14-12(17)10-1-3-13-4-2-10/h1-4H,5-9H2,(H,14,17). The Morgan fingerprint density at radius 3 is 2.94 bits per heavy atom. The fourth-order valence-electron chi connectivity index (χ4n) is 1.70. The van der Waals surface area contributed by atoms with Crippen LogP contribution in [0, 0.1) is 0 Å². The number of amides is 2. The number of rotatable bonds is 4. The summed E-state index contributed by atoms with van der Waals surface area (Å²) in [5.41, 5.74) is 0.568. The molecule has 0 saturated carbocycles. The fraction of sp³-hybridized carbons (Fsp3) is 0.417. The molecule has 1 aromatic rings. The molecule has 1 aromatic heterocycles. The fourth-order valence-corrected chi connectivity index (χ4v) is 1.70. The molecule has 1 aliphatic rings. The van der Waals surface area contributed by atoms with Crippen LogP contribution in [-0.4, -0.2) is 54.5 Å². The molecule has 0 aromatic carbocycles. The lowest BCUT2D eigenvalue weighted by Gasteiger charge is -2.26. The Kier molecular flexibility index (Phi) is 4.25. The zero-order valence-corrected chi connectivity index (χ0v) is 9.96. The molecule has 18 heavy (non-hydrogen) atoms. The molecule has 0 radical (unpaired) electrons. The second kappa shape index (κ2) is 6.11. The summed E-state index contributed by atoms with van der Waals surface area (Å²) in [6, 6.07) is 3.30. The lowest BCUT2D eigenvalue weighted by molar-refractivity contribution is -0.142. The molecule has 1 N–H and O–H groups in total. The Bertz CT molecular complexity index is 422. The maximum absolute atomic E-state index is 11.7. The molecule has 0 atom stereocenters. The first-order valence-corrected chi connectivity index (χ1v) is 5.81. The van der Waals surface area contributed by atoms with E-state index in [4.69, 9.17) is 4.74 Å². The van der Waals surface area contributed by atoms with E-state index in [9.17, 15) is 9.59 Å². The first-order chi connectivity index (χ1) is 8.77. The number of nitrogens with zero attached hydrogens (tertiary/aromatic N) is 2. The van der Waals surface area contributed by atoms with E-state index in [-0.39, 0.29) is 18.4 Å². The number of aromatic nitrogens is 1. The molecule has 6 heteroatoms. The van der Waals surface area contributed by atoms with Gasteiger partial charge in [0.1, 0.15) is 6.61 Å². The van der Waals surface area contributed by atoms with Crippen molar-refractivity contribution in [3.63, 3.8) is 0 Å². The zero-order valence-electron chi connectivity index (χ0n) is 9.96. The van der Waals surface area contributed by atoms with Gasteiger partial charge in [-0.05, 0) is 12.1 Å². The molecule has 2 amide bonds. The van der Waals surface area contributed by atoms with Gasteiger partial charge in [0.05, 0.1) is 6.61 Å². The van der Waals surface area contributed by atoms with Crippen LogP contribution >= 0.6 is 0 Å². The smallest absolute Gasteiger partial charge is 0.251 e. The number of hydrogen-bond donors (Lipinski definition) is 1. The van der Waals surface area contributed by atoms with Gasteiger partial charge in [-0.25, -0.2) is 0 Å². The molecular formula is C12H15N3O3. The van der Waals surface area contributed by atoms with Gasteiger partial charge >= 0.3 is 0 Å². The van der Waals surface area contributed by atoms with Gasteiger partial charge < -0.3 is 15.0 Å². The van der Waals surface area contributed by atoms with Gasteiger partial charge in [-0.3, -0.25) is 14.6 Å². The number of pyridine rings is 1. The van der Waals surface area contributed by atoms with Crippen molar-refractivity contribution < 1.29 is 14.3 Å². The maximum Gasteiger partial charge on any atom is 0.251 e. The molecule has 0 unspecified atom stereocenters. The minimum absolute atomic E-state index is 0.0283. The quantitative estimate of drug-likeness (QED) is 0.793. The molecular weight excluding hydrogens is 234 g/mol. The van der Waals surface area contributed by atoms with Crippen molar-refractivity contribution >= 4 is 11.8 Å². The highest BCUT2D eigenvalue weighted by molar-refractivity contribution is 5.93. The first kappa shape index (κ1) is 12.5. The minimum Gasteiger partial charge on any atom is -0.370 e. The van der Waals surface area contributed by atoms with Crippen molar-refractivity contribution in [1.82, 2.24) is 15.2 Å². The van der Waals surface area contributed by atoms with Gasteiger partial charge in [-0.1, -0.05) is 0 Å². The van der Waals surface area contributed by atoms with Crippen molar-refractivity contribution in [2.45, 2.75) is 0 Å². The predicted molar refractivity (Wildman–Crippen MR) is 64.0 cm³/mol. The Morgan fingerprint density at radius 2 is 2.22 bits per heavy atom. The van der Waals surface area contributed by atoms with Crippen LogP contribution in [0.5, 0.6) is 0 Å². The van der Waals surface area contributed by atoms with E-state index in [1.807, 2.05) is 0 Å². The second-order valence-corrected chi connectivity index (χ2v) is 3.93. The van der Waals surface area contributed by atoms with E-state index < -0.39 is 0 Å². The SMILES string of the molecule is O=C(NCCN1CCOCC1=O)c1ccncc1. The van der Waals surface area contributed by atoms with Crippen LogP contribution in [0.15, 0.2) is 24.5 Å². The molecule has 96 valence electrons. The maximum atomic E-state index is 11.7. The summed E-state index contributed by atoms with van der Waals surface area (Å²) in [5.74, 6) is -0.183. The van der Waals surface area contributed by atoms with Gasteiger partial charge in [-0.15, -0.1) is 0 Å². The number of morpholine rings is 1. The third-order valence-corrected chi connectivity index (χ3v) is 2.69. The lowest BCUT2D eigenvalue weighted by Crippen LogP contribution is -2.45. The Balaban J connectivity index is 1.75. The van der Waals surface area contributed by atoms with Crippen molar-refractivity contribution in [3.05, 3.63) is 30.1 Å². The van der Waals surface area contributed by atoms with E-state index >= 15 is 0 Å². The highest BCUT2D eigenvalue weighted by Gasteiger charge is 2.17. The molecule has 2 heterocycles. The molecule has 0 spiro atoms. The molecule has 0 aliphatic carbocycles. The van der Waals surface area contributed by atoms with Crippen LogP contribution in [0.1, 0.15) is 10.4 Å². The van der Waals surface area contributed by atoms with Crippen LogP contribution in [0.4, 0.5) is 0 Å². The van der Waals surface area contributed by atoms with Crippen molar-refractivity contribution in [2.75, 3.05) is 32.8 Å². The Morgan fingerprint density at radius 1 is 1.44 bits per heavy atom. The molecule has 1 aliphatic heterocycles. The van der Waals surface area contributed by atoms with E-state index in [0.717, 1.165) is 0 Å². The Labute approximate surface area is 105 Å². The third-order valence-electron chi connectivity index (χ3n) is 2.69. The summed E-state index contributed by atoms with van der Waals surface area (Å²) < 4.78 is 5.02. The summed E-state index contributed by atoms with van der Waals surface area (Å²) in [4.78, 5) is 28.7. The first-order valence-electron chi connectivity index (χ1n) is 5.81. The van der Waals surface area contributed by atoms with Crippen LogP contribution in [0.3, 0.4) is 0 Å². The monoisotopic (exact) mass is 249 g/mol. The zero-order chi connectivity index (χ0) is 12.8. The van der Waals surface area contributed by atoms with E-state index in [2.05, 4.69) is 10.3 Å². The predicted octanol–water partition coefficient (Wildman–Crippen LogP) is -0.330. The second-order valence-electron chi connectivity index (χ2n) is 3.93. The van der Waals surface area contributed by atoms with Crippen LogP contribution in [0.2, 0.25) is 0 Å². The summed E-state index contributed by atoms with van der Waals surface area (Å²) in [6.45, 7) is 2.23. The number of carbonyl (C=O) groups is 2. The van der Waals surface area contributed by atoms with Gasteiger partial charge in [0.25, 0.3) is 5.91 Å². The molecule has 2 rings (SSSR count). The number of ether oxygens (including phenoxy) is 1. The molecule has 6 nitrogen and oxygen atoms in total. The van der Waals surface area contributed by atoms with Crippen LogP contribution < -0.4 is 5.32 Å². The molecule has 1 fully saturated rings. The normalized spacial score (nSPS) is 15.6. The van der Waals surface area contributed by atoms with E-state index in [0.29, 0.717) is 31.8 Å². The molecule has 1 saturated heterocycles. The van der Waals surface area contributed by atoms with E-state index in [1.54, 1.807) is 29.4 Å². The number of hydrogen-bond acceptors (Lipinski definition) is 4. The van der Waals surface area contributed by atoms with Gasteiger partial charge in [0.2, 0.25) is 5.91 Å². The summed E-state index contributed by atoms with van der Waals surface area (Å²) in [6.07, 6.45) is 3.14. The van der Waals surface area contributed by atoms with E-state index in [1.165, 1.54) is 0 Å². The minimum atomic E-state index is -0.155. The van der Waals surface area contributed by atoms with Gasteiger partial charge in [0.15, 0.2) is 0 Å². The average molecular weight is 249 g/mol. The number of carbonyl (C=O) groups excluding carboxylic acids is 2. The van der Waals surface area contributed by atoms with Crippen molar-refractivity contribution in [2.24, 2.45) is 0 Å². The summed E-state index contributed by atoms with van der Waals surface area (Å²) in [5, 5.41) is 2.77. The van der Waals surface area contributed by atoms with Crippen LogP contribution in [0.25, 0.3) is 0 Å². The molecule has 0 bridgehead atoms. The Hall–Kier alpha value is -1.95. The number of nitrogens with one attached hydrogen (secondary N) is 1. The highest BCUT2D eigenvalue weighted by Crippen LogP contribution is 1.98. The van der Waals surface area contributed by atoms with Crippen molar-refractivity contribution in [3.8, 4) is 0 Å². The lowest BCUT2D eigenvalue weighted by atomic mass is 10.2. The van der Waals surface area contributed by atoms with Crippen LogP contribution in [-0.2, 0) is 9.53 Å². The largest absolute Gasteiger partial charge is 0.370 e. The average Bonchev–Trinajstić information content (AvgIpc) is 2.42. The highest BCUT2D eigenvalue weighted by atomic mass is 16.5. The topological polar surface area (TPSA) is 71.5 Å². The summed E-state index contributed by atoms with van der Waals surface area (Å²) in [7, 11) is 0.